The van der Waals surface area contributed by atoms with E-state index in [0.29, 0.717) is 42.9 Å². The summed E-state index contributed by atoms with van der Waals surface area (Å²) in [6.07, 6.45) is 6.93. The number of hydrogen-bond donors (Lipinski definition) is 2. The number of nitrogens with zero attached hydrogens (tertiary/aromatic N) is 3. The zero-order valence-electron chi connectivity index (χ0n) is 17.2. The van der Waals surface area contributed by atoms with Crippen molar-refractivity contribution in [3.8, 4) is 11.3 Å². The average Bonchev–Trinajstić information content (AvgIpc) is 3.29. The van der Waals surface area contributed by atoms with Crippen LogP contribution in [0.3, 0.4) is 0 Å². The summed E-state index contributed by atoms with van der Waals surface area (Å²) in [5.41, 5.74) is 4.38. The Labute approximate surface area is 183 Å². The van der Waals surface area contributed by atoms with Gasteiger partial charge in [0.25, 0.3) is 11.5 Å². The molecule has 5 rings (SSSR count). The Morgan fingerprint density at radius 3 is 2.78 bits per heavy atom. The molecule has 4 aromatic rings. The highest BCUT2D eigenvalue weighted by molar-refractivity contribution is 5.95. The first-order valence-electron chi connectivity index (χ1n) is 10.4. The Morgan fingerprint density at radius 2 is 1.94 bits per heavy atom. The van der Waals surface area contributed by atoms with E-state index in [-0.39, 0.29) is 11.5 Å². The number of aromatic nitrogens is 4. The fraction of sp³-hybridized carbons (Fsp3) is 0.167. The first-order chi connectivity index (χ1) is 15.7. The molecule has 1 saturated heterocycles. The Kier molecular flexibility index (Phi) is 5.35. The first-order valence-corrected chi connectivity index (χ1v) is 10.4. The summed E-state index contributed by atoms with van der Waals surface area (Å²) < 4.78 is 5.33. The van der Waals surface area contributed by atoms with E-state index in [9.17, 15) is 9.59 Å². The van der Waals surface area contributed by atoms with Crippen molar-refractivity contribution in [1.29, 1.82) is 0 Å². The molecule has 0 spiro atoms. The van der Waals surface area contributed by atoms with Crippen LogP contribution in [0.15, 0.2) is 59.8 Å². The van der Waals surface area contributed by atoms with Gasteiger partial charge in [0, 0.05) is 36.1 Å². The smallest absolute Gasteiger partial charge is 0.260 e. The van der Waals surface area contributed by atoms with E-state index < -0.39 is 0 Å². The highest BCUT2D eigenvalue weighted by atomic mass is 16.5. The van der Waals surface area contributed by atoms with Crippen LogP contribution in [-0.4, -0.2) is 57.0 Å². The lowest BCUT2D eigenvalue weighted by molar-refractivity contribution is 0.0303. The highest BCUT2D eigenvalue weighted by Gasteiger charge is 2.18. The van der Waals surface area contributed by atoms with Crippen LogP contribution in [0.1, 0.15) is 21.6 Å². The Balaban J connectivity index is 1.37. The third-order valence-electron chi connectivity index (χ3n) is 5.40. The number of pyridine rings is 1. The molecule has 8 heteroatoms. The van der Waals surface area contributed by atoms with Crippen molar-refractivity contribution in [2.24, 2.45) is 0 Å². The SMILES string of the molecule is O=C(c1cccc(C=Cc2cc(-c3cc4c(=O)[nH]cnc4[nH]3)ccn2)c1)N1CCOCC1. The van der Waals surface area contributed by atoms with Gasteiger partial charge in [-0.05, 0) is 42.0 Å². The van der Waals surface area contributed by atoms with Gasteiger partial charge in [-0.25, -0.2) is 4.98 Å². The number of amides is 1. The largest absolute Gasteiger partial charge is 0.378 e. The predicted octanol–water partition coefficient (Wildman–Crippen LogP) is 2.96. The molecule has 0 radical (unpaired) electrons. The monoisotopic (exact) mass is 427 g/mol. The van der Waals surface area contributed by atoms with Crippen LogP contribution >= 0.6 is 0 Å². The molecule has 8 nitrogen and oxygen atoms in total. The number of carbonyl (C=O) groups is 1. The third kappa shape index (κ3) is 4.08. The molecule has 3 aromatic heterocycles. The summed E-state index contributed by atoms with van der Waals surface area (Å²) in [5, 5.41) is 0.512. The van der Waals surface area contributed by atoms with Crippen LogP contribution < -0.4 is 5.56 Å². The molecule has 0 bridgehead atoms. The number of carbonyl (C=O) groups excluding carboxylic acids is 1. The summed E-state index contributed by atoms with van der Waals surface area (Å²) in [7, 11) is 0. The molecule has 0 unspecified atom stereocenters. The molecule has 1 aliphatic rings. The van der Waals surface area contributed by atoms with Gasteiger partial charge in [-0.3, -0.25) is 14.6 Å². The van der Waals surface area contributed by atoms with Crippen molar-refractivity contribution < 1.29 is 9.53 Å². The molecule has 0 saturated carbocycles. The van der Waals surface area contributed by atoms with Gasteiger partial charge < -0.3 is 19.6 Å². The van der Waals surface area contributed by atoms with E-state index in [1.807, 2.05) is 53.5 Å². The lowest BCUT2D eigenvalue weighted by Crippen LogP contribution is -2.40. The van der Waals surface area contributed by atoms with E-state index in [1.54, 1.807) is 12.3 Å². The summed E-state index contributed by atoms with van der Waals surface area (Å²) >= 11 is 0. The molecule has 4 heterocycles. The summed E-state index contributed by atoms with van der Waals surface area (Å²) in [4.78, 5) is 40.8. The van der Waals surface area contributed by atoms with E-state index >= 15 is 0 Å². The molecule has 0 aliphatic carbocycles. The van der Waals surface area contributed by atoms with Gasteiger partial charge in [0.2, 0.25) is 0 Å². The molecule has 2 N–H and O–H groups in total. The van der Waals surface area contributed by atoms with Crippen LogP contribution in [0.4, 0.5) is 0 Å². The number of nitrogens with one attached hydrogen (secondary N) is 2. The van der Waals surface area contributed by atoms with Crippen molar-refractivity contribution in [3.05, 3.63) is 82.2 Å². The van der Waals surface area contributed by atoms with Gasteiger partial charge in [0.15, 0.2) is 0 Å². The highest BCUT2D eigenvalue weighted by Crippen LogP contribution is 2.22. The Hall–Kier alpha value is -4.04. The van der Waals surface area contributed by atoms with Crippen molar-refractivity contribution in [1.82, 2.24) is 24.8 Å². The van der Waals surface area contributed by atoms with Crippen molar-refractivity contribution in [2.75, 3.05) is 26.3 Å². The minimum atomic E-state index is -0.182. The van der Waals surface area contributed by atoms with Gasteiger partial charge in [0.1, 0.15) is 5.65 Å². The predicted molar refractivity (Wildman–Crippen MR) is 122 cm³/mol. The van der Waals surface area contributed by atoms with Crippen LogP contribution in [-0.2, 0) is 4.74 Å². The van der Waals surface area contributed by atoms with Gasteiger partial charge in [-0.15, -0.1) is 0 Å². The van der Waals surface area contributed by atoms with E-state index in [0.717, 1.165) is 22.5 Å². The summed E-state index contributed by atoms with van der Waals surface area (Å²) in [5.74, 6) is 0.0195. The molecule has 1 fully saturated rings. The molecular formula is C24H21N5O3. The fourth-order valence-corrected chi connectivity index (χ4v) is 3.72. The number of H-pyrrole nitrogens is 2. The zero-order valence-corrected chi connectivity index (χ0v) is 17.2. The van der Waals surface area contributed by atoms with Crippen molar-refractivity contribution in [3.63, 3.8) is 0 Å². The molecule has 1 amide bonds. The number of fused-ring (bicyclic) bond motifs is 1. The molecule has 160 valence electrons. The average molecular weight is 427 g/mol. The summed E-state index contributed by atoms with van der Waals surface area (Å²) in [6, 6.07) is 13.1. The maximum absolute atomic E-state index is 12.7. The van der Waals surface area contributed by atoms with E-state index in [2.05, 4.69) is 19.9 Å². The maximum Gasteiger partial charge on any atom is 0.260 e. The fourth-order valence-electron chi connectivity index (χ4n) is 3.72. The molecule has 1 aromatic carbocycles. The maximum atomic E-state index is 12.7. The first kappa shape index (κ1) is 19.9. The number of hydrogen-bond acceptors (Lipinski definition) is 5. The van der Waals surface area contributed by atoms with Gasteiger partial charge in [0.05, 0.1) is 30.6 Å². The van der Waals surface area contributed by atoms with Crippen LogP contribution in [0.5, 0.6) is 0 Å². The minimum Gasteiger partial charge on any atom is -0.378 e. The molecule has 0 atom stereocenters. The number of aromatic amines is 2. The molecular weight excluding hydrogens is 406 g/mol. The van der Waals surface area contributed by atoms with Crippen molar-refractivity contribution in [2.45, 2.75) is 0 Å². The van der Waals surface area contributed by atoms with Gasteiger partial charge >= 0.3 is 0 Å². The van der Waals surface area contributed by atoms with Crippen LogP contribution in [0.2, 0.25) is 0 Å². The normalized spacial score (nSPS) is 14.3. The van der Waals surface area contributed by atoms with Gasteiger partial charge in [-0.1, -0.05) is 18.2 Å². The Morgan fingerprint density at radius 1 is 1.06 bits per heavy atom. The second-order valence-corrected chi connectivity index (χ2v) is 7.51. The zero-order chi connectivity index (χ0) is 21.9. The van der Waals surface area contributed by atoms with E-state index in [4.69, 9.17) is 4.74 Å². The van der Waals surface area contributed by atoms with Crippen LogP contribution in [0, 0.1) is 0 Å². The second-order valence-electron chi connectivity index (χ2n) is 7.51. The lowest BCUT2D eigenvalue weighted by atomic mass is 10.1. The topological polar surface area (TPSA) is 104 Å². The van der Waals surface area contributed by atoms with Crippen molar-refractivity contribution >= 4 is 29.1 Å². The Bertz CT molecular complexity index is 1370. The molecule has 32 heavy (non-hydrogen) atoms. The minimum absolute atomic E-state index is 0.0195. The number of rotatable bonds is 4. The second kappa shape index (κ2) is 8.60. The standard InChI is InChI=1S/C24H21N5O3/c30-23-20-14-21(28-22(20)26-15-27-23)17-6-7-25-19(13-17)5-4-16-2-1-3-18(12-16)24(31)29-8-10-32-11-9-29/h1-7,12-15H,8-11H2,(H2,26,27,28,30). The van der Waals surface area contributed by atoms with Gasteiger partial charge in [-0.2, -0.15) is 0 Å². The molecule has 1 aliphatic heterocycles. The number of benzene rings is 1. The third-order valence-corrected chi connectivity index (χ3v) is 5.40. The number of ether oxygens (including phenoxy) is 1. The van der Waals surface area contributed by atoms with Crippen LogP contribution in [0.25, 0.3) is 34.4 Å². The summed E-state index contributed by atoms with van der Waals surface area (Å²) in [6.45, 7) is 2.39. The quantitative estimate of drug-likeness (QED) is 0.521. The number of morpholine rings is 1. The lowest BCUT2D eigenvalue weighted by Gasteiger charge is -2.26. The van der Waals surface area contributed by atoms with E-state index in [1.165, 1.54) is 6.33 Å².